The molecule has 8 heteroatoms. The third-order valence-corrected chi connectivity index (χ3v) is 5.64. The van der Waals surface area contributed by atoms with Crippen LogP contribution in [0.1, 0.15) is 50.9 Å². The number of thiophene rings is 1. The maximum atomic E-state index is 12.5. The number of aryl methyl sites for hydroxylation is 4. The first kappa shape index (κ1) is 16.0. The fraction of sp³-hybridized carbons (Fsp3) is 0.412. The van der Waals surface area contributed by atoms with Crippen LogP contribution in [0.2, 0.25) is 0 Å². The minimum Gasteiger partial charge on any atom is -0.454 e. The Kier molecular flexibility index (Phi) is 3.91. The number of esters is 1. The summed E-state index contributed by atoms with van der Waals surface area (Å²) in [6, 6.07) is 0. The Morgan fingerprint density at radius 2 is 2.12 bits per heavy atom. The monoisotopic (exact) mass is 359 g/mol. The van der Waals surface area contributed by atoms with Gasteiger partial charge in [-0.15, -0.1) is 11.3 Å². The Bertz CT molecular complexity index is 1010. The first-order chi connectivity index (χ1) is 12.0. The van der Waals surface area contributed by atoms with E-state index in [0.717, 1.165) is 36.1 Å². The van der Waals surface area contributed by atoms with Crippen LogP contribution in [-0.4, -0.2) is 21.1 Å². The number of hydrogen-bond donors (Lipinski definition) is 1. The molecular weight excluding hydrogens is 342 g/mol. The summed E-state index contributed by atoms with van der Waals surface area (Å²) in [5.74, 6) is 0.214. The molecule has 0 fully saturated rings. The third-order valence-electron chi connectivity index (χ3n) is 4.45. The van der Waals surface area contributed by atoms with Gasteiger partial charge in [-0.2, -0.15) is 0 Å². The molecule has 4 rings (SSSR count). The normalized spacial score (nSPS) is 13.8. The minimum absolute atomic E-state index is 0.101. The maximum Gasteiger partial charge on any atom is 0.344 e. The number of nitrogens with one attached hydrogen (secondary N) is 1. The fourth-order valence-electron chi connectivity index (χ4n) is 3.26. The molecule has 0 aromatic carbocycles. The Balaban J connectivity index is 1.60. The van der Waals surface area contributed by atoms with Gasteiger partial charge in [0, 0.05) is 4.88 Å². The smallest absolute Gasteiger partial charge is 0.344 e. The van der Waals surface area contributed by atoms with Crippen LogP contribution >= 0.6 is 11.3 Å². The topological polar surface area (TPSA) is 98.1 Å². The molecule has 0 saturated carbocycles. The van der Waals surface area contributed by atoms with Crippen LogP contribution < -0.4 is 5.56 Å². The zero-order chi connectivity index (χ0) is 17.6. The van der Waals surface area contributed by atoms with Crippen LogP contribution in [0, 0.1) is 13.8 Å². The van der Waals surface area contributed by atoms with Crippen LogP contribution in [0.25, 0.3) is 10.2 Å². The molecule has 1 N–H and O–H groups in total. The van der Waals surface area contributed by atoms with Crippen molar-refractivity contribution in [3.8, 4) is 0 Å². The molecule has 0 unspecified atom stereocenters. The second-order valence-electron chi connectivity index (χ2n) is 6.18. The van der Waals surface area contributed by atoms with E-state index in [2.05, 4.69) is 15.1 Å². The van der Waals surface area contributed by atoms with Crippen LogP contribution in [0.3, 0.4) is 0 Å². The number of carbonyl (C=O) groups excluding carboxylic acids is 1. The molecule has 0 aliphatic heterocycles. The lowest BCUT2D eigenvalue weighted by Crippen LogP contribution is -2.15. The van der Waals surface area contributed by atoms with Gasteiger partial charge >= 0.3 is 5.97 Å². The molecule has 0 spiro atoms. The van der Waals surface area contributed by atoms with Crippen molar-refractivity contribution in [1.82, 2.24) is 15.1 Å². The molecule has 3 aromatic rings. The van der Waals surface area contributed by atoms with Gasteiger partial charge in [-0.05, 0) is 45.1 Å². The summed E-state index contributed by atoms with van der Waals surface area (Å²) in [6.45, 7) is 3.23. The van der Waals surface area contributed by atoms with Gasteiger partial charge in [-0.25, -0.2) is 9.78 Å². The zero-order valence-corrected chi connectivity index (χ0v) is 14.8. The van der Waals surface area contributed by atoms with Crippen molar-refractivity contribution >= 4 is 27.5 Å². The van der Waals surface area contributed by atoms with Gasteiger partial charge in [0.1, 0.15) is 28.6 Å². The van der Waals surface area contributed by atoms with E-state index in [-0.39, 0.29) is 12.2 Å². The van der Waals surface area contributed by atoms with Gasteiger partial charge in [-0.3, -0.25) is 4.79 Å². The highest BCUT2D eigenvalue weighted by Crippen LogP contribution is 2.33. The fourth-order valence-corrected chi connectivity index (χ4v) is 4.54. The number of nitrogens with zero attached hydrogens (tertiary/aromatic N) is 2. The van der Waals surface area contributed by atoms with Crippen LogP contribution in [0.15, 0.2) is 9.32 Å². The van der Waals surface area contributed by atoms with Crippen molar-refractivity contribution in [2.24, 2.45) is 0 Å². The summed E-state index contributed by atoms with van der Waals surface area (Å²) in [6.07, 6.45) is 4.20. The van der Waals surface area contributed by atoms with Crippen LogP contribution in [0.5, 0.6) is 0 Å². The number of rotatable bonds is 3. The summed E-state index contributed by atoms with van der Waals surface area (Å²) in [5, 5.41) is 4.43. The number of ether oxygens (including phenoxy) is 1. The predicted octanol–water partition coefficient (Wildman–Crippen LogP) is 2.83. The summed E-state index contributed by atoms with van der Waals surface area (Å²) in [4.78, 5) is 33.8. The minimum atomic E-state index is -0.538. The molecule has 1 aliphatic carbocycles. The van der Waals surface area contributed by atoms with Gasteiger partial charge in [0.25, 0.3) is 5.56 Å². The molecule has 0 amide bonds. The van der Waals surface area contributed by atoms with E-state index in [1.165, 1.54) is 4.88 Å². The lowest BCUT2D eigenvalue weighted by Gasteiger charge is -2.09. The van der Waals surface area contributed by atoms with E-state index >= 15 is 0 Å². The van der Waals surface area contributed by atoms with E-state index in [0.29, 0.717) is 28.2 Å². The quantitative estimate of drug-likeness (QED) is 0.722. The highest BCUT2D eigenvalue weighted by atomic mass is 32.1. The highest BCUT2D eigenvalue weighted by molar-refractivity contribution is 7.18. The molecule has 1 aliphatic rings. The standard InChI is InChI=1S/C17H17N3O4S/c1-8-13(9(2)24-20-8)17(22)23-7-12-18-15(21)14-10-5-3-4-6-11(10)25-16(14)19-12/h3-7H2,1-2H3,(H,18,19,21). The summed E-state index contributed by atoms with van der Waals surface area (Å²) < 4.78 is 10.2. The summed E-state index contributed by atoms with van der Waals surface area (Å²) in [5.41, 5.74) is 1.77. The molecular formula is C17H17N3O4S. The number of aromatic nitrogens is 3. The molecule has 0 bridgehead atoms. The third kappa shape index (κ3) is 2.76. The van der Waals surface area contributed by atoms with Crippen molar-refractivity contribution in [3.05, 3.63) is 43.6 Å². The lowest BCUT2D eigenvalue weighted by atomic mass is 9.97. The van der Waals surface area contributed by atoms with Gasteiger partial charge in [0.15, 0.2) is 0 Å². The van der Waals surface area contributed by atoms with E-state index in [1.54, 1.807) is 25.2 Å². The van der Waals surface area contributed by atoms with Crippen molar-refractivity contribution in [2.75, 3.05) is 0 Å². The van der Waals surface area contributed by atoms with E-state index in [1.807, 2.05) is 0 Å². The Labute approximate surface area is 147 Å². The van der Waals surface area contributed by atoms with E-state index < -0.39 is 5.97 Å². The Hall–Kier alpha value is -2.48. The average molecular weight is 359 g/mol. The number of H-pyrrole nitrogens is 1. The first-order valence-electron chi connectivity index (χ1n) is 8.18. The van der Waals surface area contributed by atoms with Crippen molar-refractivity contribution < 1.29 is 14.1 Å². The Morgan fingerprint density at radius 3 is 2.88 bits per heavy atom. The Morgan fingerprint density at radius 1 is 1.32 bits per heavy atom. The number of hydrogen-bond acceptors (Lipinski definition) is 7. The molecule has 0 atom stereocenters. The first-order valence-corrected chi connectivity index (χ1v) is 8.99. The van der Waals surface area contributed by atoms with E-state index in [9.17, 15) is 9.59 Å². The summed E-state index contributed by atoms with van der Waals surface area (Å²) in [7, 11) is 0. The van der Waals surface area contributed by atoms with Gasteiger partial charge in [0.05, 0.1) is 11.1 Å². The summed E-state index contributed by atoms with van der Waals surface area (Å²) >= 11 is 1.57. The molecule has 0 radical (unpaired) electrons. The maximum absolute atomic E-state index is 12.5. The van der Waals surface area contributed by atoms with Crippen molar-refractivity contribution in [2.45, 2.75) is 46.1 Å². The molecule has 0 saturated heterocycles. The van der Waals surface area contributed by atoms with Gasteiger partial charge in [0.2, 0.25) is 0 Å². The van der Waals surface area contributed by atoms with Crippen LogP contribution in [-0.2, 0) is 24.2 Å². The van der Waals surface area contributed by atoms with Gasteiger partial charge in [-0.1, -0.05) is 5.16 Å². The molecule has 3 heterocycles. The van der Waals surface area contributed by atoms with E-state index in [4.69, 9.17) is 9.26 Å². The second kappa shape index (κ2) is 6.11. The largest absolute Gasteiger partial charge is 0.454 e. The second-order valence-corrected chi connectivity index (χ2v) is 7.26. The number of aromatic amines is 1. The highest BCUT2D eigenvalue weighted by Gasteiger charge is 2.21. The molecule has 25 heavy (non-hydrogen) atoms. The molecule has 3 aromatic heterocycles. The molecule has 7 nitrogen and oxygen atoms in total. The SMILES string of the molecule is Cc1noc(C)c1C(=O)OCc1nc2sc3c(c2c(=O)[nH]1)CCCC3. The average Bonchev–Trinajstić information content (AvgIpc) is 3.12. The van der Waals surface area contributed by atoms with Crippen LogP contribution in [0.4, 0.5) is 0 Å². The number of fused-ring (bicyclic) bond motifs is 3. The molecule has 130 valence electrons. The zero-order valence-electron chi connectivity index (χ0n) is 14.0. The lowest BCUT2D eigenvalue weighted by molar-refractivity contribution is 0.0459. The number of carbonyl (C=O) groups is 1. The van der Waals surface area contributed by atoms with Gasteiger partial charge < -0.3 is 14.2 Å². The van der Waals surface area contributed by atoms with Crippen molar-refractivity contribution in [3.63, 3.8) is 0 Å². The van der Waals surface area contributed by atoms with Crippen molar-refractivity contribution in [1.29, 1.82) is 0 Å². The predicted molar refractivity (Wildman–Crippen MR) is 92.0 cm³/mol.